The minimum absolute atomic E-state index is 0.144. The van der Waals surface area contributed by atoms with Crippen molar-refractivity contribution in [2.24, 2.45) is 0 Å². The summed E-state index contributed by atoms with van der Waals surface area (Å²) in [5, 5.41) is 3.27. The molecule has 0 bridgehead atoms. The Labute approximate surface area is 206 Å². The van der Waals surface area contributed by atoms with Gasteiger partial charge in [0.15, 0.2) is 0 Å². The SMILES string of the molecule is COc1ccc(CN(Cc2ccc(OC)cc2)C(=O)NC(c2ccccc2)c2ccccc2)cc1. The van der Waals surface area contributed by atoms with Gasteiger partial charge in [0.1, 0.15) is 11.5 Å². The van der Waals surface area contributed by atoms with Gasteiger partial charge in [-0.1, -0.05) is 84.9 Å². The van der Waals surface area contributed by atoms with Gasteiger partial charge in [0.05, 0.1) is 20.3 Å². The van der Waals surface area contributed by atoms with Crippen LogP contribution in [-0.4, -0.2) is 25.2 Å². The summed E-state index contributed by atoms with van der Waals surface area (Å²) in [4.78, 5) is 15.5. The van der Waals surface area contributed by atoms with Gasteiger partial charge in [-0.05, 0) is 46.5 Å². The summed E-state index contributed by atoms with van der Waals surface area (Å²) in [7, 11) is 3.29. The van der Waals surface area contributed by atoms with Crippen LogP contribution < -0.4 is 14.8 Å². The van der Waals surface area contributed by atoms with E-state index in [4.69, 9.17) is 9.47 Å². The second-order valence-electron chi connectivity index (χ2n) is 8.26. The molecule has 35 heavy (non-hydrogen) atoms. The van der Waals surface area contributed by atoms with Crippen molar-refractivity contribution in [2.75, 3.05) is 14.2 Å². The maximum atomic E-state index is 13.7. The lowest BCUT2D eigenvalue weighted by Crippen LogP contribution is -2.41. The third kappa shape index (κ3) is 6.42. The fourth-order valence-electron chi connectivity index (χ4n) is 3.97. The molecule has 0 atom stereocenters. The highest BCUT2D eigenvalue weighted by molar-refractivity contribution is 5.75. The molecule has 0 unspecified atom stereocenters. The summed E-state index contributed by atoms with van der Waals surface area (Å²) in [5.41, 5.74) is 4.10. The van der Waals surface area contributed by atoms with E-state index >= 15 is 0 Å². The van der Waals surface area contributed by atoms with Crippen molar-refractivity contribution >= 4 is 6.03 Å². The third-order valence-electron chi connectivity index (χ3n) is 5.89. The summed E-state index contributed by atoms with van der Waals surface area (Å²) < 4.78 is 10.6. The Bertz CT molecular complexity index is 1110. The Morgan fingerprint density at radius 1 is 0.657 bits per heavy atom. The number of carbonyl (C=O) groups excluding carboxylic acids is 1. The molecule has 4 rings (SSSR count). The molecule has 0 saturated carbocycles. The summed E-state index contributed by atoms with van der Waals surface area (Å²) in [5.74, 6) is 1.57. The molecule has 0 radical (unpaired) electrons. The molecular weight excluding hydrogens is 436 g/mol. The summed E-state index contributed by atoms with van der Waals surface area (Å²) >= 11 is 0. The molecule has 0 fully saturated rings. The Balaban J connectivity index is 1.61. The molecule has 0 heterocycles. The first-order valence-electron chi connectivity index (χ1n) is 11.6. The number of amides is 2. The van der Waals surface area contributed by atoms with Crippen molar-refractivity contribution in [3.63, 3.8) is 0 Å². The molecule has 2 amide bonds. The van der Waals surface area contributed by atoms with Crippen LogP contribution in [0.3, 0.4) is 0 Å². The number of hydrogen-bond donors (Lipinski definition) is 1. The Kier molecular flexibility index (Phi) is 8.02. The van der Waals surface area contributed by atoms with Crippen LogP contribution in [-0.2, 0) is 13.1 Å². The number of urea groups is 1. The average molecular weight is 467 g/mol. The van der Waals surface area contributed by atoms with E-state index in [1.165, 1.54) is 0 Å². The van der Waals surface area contributed by atoms with Crippen LogP contribution >= 0.6 is 0 Å². The number of hydrogen-bond acceptors (Lipinski definition) is 3. The lowest BCUT2D eigenvalue weighted by Gasteiger charge is -2.27. The fraction of sp³-hybridized carbons (Fsp3) is 0.167. The Hall–Kier alpha value is -4.25. The largest absolute Gasteiger partial charge is 0.497 e. The van der Waals surface area contributed by atoms with E-state index in [1.54, 1.807) is 14.2 Å². The highest BCUT2D eigenvalue weighted by Gasteiger charge is 2.21. The van der Waals surface area contributed by atoms with Crippen LogP contribution in [0.4, 0.5) is 4.79 Å². The summed E-state index contributed by atoms with van der Waals surface area (Å²) in [6.45, 7) is 0.913. The van der Waals surface area contributed by atoms with E-state index in [0.717, 1.165) is 33.8 Å². The second-order valence-corrected chi connectivity index (χ2v) is 8.26. The average Bonchev–Trinajstić information content (AvgIpc) is 2.93. The van der Waals surface area contributed by atoms with Crippen molar-refractivity contribution < 1.29 is 14.3 Å². The minimum atomic E-state index is -0.265. The van der Waals surface area contributed by atoms with Crippen molar-refractivity contribution in [1.82, 2.24) is 10.2 Å². The van der Waals surface area contributed by atoms with Gasteiger partial charge in [0.2, 0.25) is 0 Å². The third-order valence-corrected chi connectivity index (χ3v) is 5.89. The molecule has 0 aliphatic carbocycles. The monoisotopic (exact) mass is 466 g/mol. The molecular formula is C30H30N2O3. The first kappa shape index (κ1) is 23.9. The fourth-order valence-corrected chi connectivity index (χ4v) is 3.97. The van der Waals surface area contributed by atoms with Crippen LogP contribution in [0.2, 0.25) is 0 Å². The number of methoxy groups -OCH3 is 2. The molecule has 1 N–H and O–H groups in total. The molecule has 5 heteroatoms. The number of nitrogens with one attached hydrogen (secondary N) is 1. The first-order valence-corrected chi connectivity index (χ1v) is 11.6. The maximum absolute atomic E-state index is 13.7. The number of rotatable bonds is 9. The van der Waals surface area contributed by atoms with Crippen LogP contribution in [0.15, 0.2) is 109 Å². The van der Waals surface area contributed by atoms with Crippen LogP contribution in [0.1, 0.15) is 28.3 Å². The van der Waals surface area contributed by atoms with Crippen LogP contribution in [0, 0.1) is 0 Å². The van der Waals surface area contributed by atoms with E-state index in [1.807, 2.05) is 114 Å². The zero-order chi connectivity index (χ0) is 24.5. The molecule has 0 aromatic heterocycles. The van der Waals surface area contributed by atoms with Crippen molar-refractivity contribution in [3.8, 4) is 11.5 Å². The zero-order valence-corrected chi connectivity index (χ0v) is 20.1. The molecule has 178 valence electrons. The lowest BCUT2D eigenvalue weighted by molar-refractivity contribution is 0.190. The molecule has 0 aliphatic rings. The molecule has 4 aromatic carbocycles. The van der Waals surface area contributed by atoms with Gasteiger partial charge >= 0.3 is 6.03 Å². The van der Waals surface area contributed by atoms with E-state index in [0.29, 0.717) is 13.1 Å². The minimum Gasteiger partial charge on any atom is -0.497 e. The topological polar surface area (TPSA) is 50.8 Å². The van der Waals surface area contributed by atoms with E-state index in [9.17, 15) is 4.79 Å². The van der Waals surface area contributed by atoms with Gasteiger partial charge in [-0.2, -0.15) is 0 Å². The zero-order valence-electron chi connectivity index (χ0n) is 20.1. The summed E-state index contributed by atoms with van der Waals surface area (Å²) in [6.07, 6.45) is 0. The summed E-state index contributed by atoms with van der Waals surface area (Å²) in [6, 6.07) is 35.2. The second kappa shape index (κ2) is 11.7. The molecule has 0 aliphatic heterocycles. The van der Waals surface area contributed by atoms with Crippen molar-refractivity contribution in [1.29, 1.82) is 0 Å². The molecule has 0 saturated heterocycles. The smallest absolute Gasteiger partial charge is 0.318 e. The van der Waals surface area contributed by atoms with Gasteiger partial charge in [0.25, 0.3) is 0 Å². The maximum Gasteiger partial charge on any atom is 0.318 e. The van der Waals surface area contributed by atoms with Gasteiger partial charge in [-0.3, -0.25) is 0 Å². The number of carbonyl (C=O) groups is 1. The normalized spacial score (nSPS) is 10.6. The first-order chi connectivity index (χ1) is 17.2. The van der Waals surface area contributed by atoms with Crippen molar-refractivity contribution in [2.45, 2.75) is 19.1 Å². The predicted octanol–water partition coefficient (Wildman–Crippen LogP) is 6.21. The molecule has 5 nitrogen and oxygen atoms in total. The van der Waals surface area contributed by atoms with Gasteiger partial charge in [-0.25, -0.2) is 4.79 Å². The van der Waals surface area contributed by atoms with Crippen LogP contribution in [0.5, 0.6) is 11.5 Å². The lowest BCUT2D eigenvalue weighted by atomic mass is 9.99. The molecule has 0 spiro atoms. The van der Waals surface area contributed by atoms with Gasteiger partial charge in [-0.15, -0.1) is 0 Å². The van der Waals surface area contributed by atoms with E-state index < -0.39 is 0 Å². The molecule has 4 aromatic rings. The number of benzene rings is 4. The van der Waals surface area contributed by atoms with Crippen molar-refractivity contribution in [3.05, 3.63) is 131 Å². The van der Waals surface area contributed by atoms with E-state index in [2.05, 4.69) is 5.32 Å². The predicted molar refractivity (Wildman–Crippen MR) is 138 cm³/mol. The van der Waals surface area contributed by atoms with Gasteiger partial charge in [0, 0.05) is 13.1 Å². The highest BCUT2D eigenvalue weighted by atomic mass is 16.5. The number of nitrogens with zero attached hydrogens (tertiary/aromatic N) is 1. The van der Waals surface area contributed by atoms with Gasteiger partial charge < -0.3 is 19.7 Å². The number of ether oxygens (including phenoxy) is 2. The quantitative estimate of drug-likeness (QED) is 0.319. The Morgan fingerprint density at radius 2 is 1.06 bits per heavy atom. The standard InChI is InChI=1S/C30H30N2O3/c1-34-27-17-13-23(14-18-27)21-32(22-24-15-19-28(35-2)20-16-24)30(33)31-29(25-9-5-3-6-10-25)26-11-7-4-8-12-26/h3-20,29H,21-22H2,1-2H3,(H,31,33). The van der Waals surface area contributed by atoms with E-state index in [-0.39, 0.29) is 12.1 Å². The Morgan fingerprint density at radius 3 is 1.43 bits per heavy atom. The highest BCUT2D eigenvalue weighted by Crippen LogP contribution is 2.23. The van der Waals surface area contributed by atoms with Crippen LogP contribution in [0.25, 0.3) is 0 Å².